The van der Waals surface area contributed by atoms with Gasteiger partial charge in [0.2, 0.25) is 0 Å². The van der Waals surface area contributed by atoms with E-state index in [1.165, 1.54) is 6.21 Å². The van der Waals surface area contributed by atoms with E-state index in [0.717, 1.165) is 38.9 Å². The summed E-state index contributed by atoms with van der Waals surface area (Å²) in [4.78, 5) is 4.49. The van der Waals surface area contributed by atoms with Gasteiger partial charge < -0.3 is 15.4 Å². The first-order chi connectivity index (χ1) is 7.61. The molecule has 0 saturated heterocycles. The molecular formula is C12H27N3O. The number of unbranched alkanes of at least 4 members (excludes halogenated alkanes) is 1. The quantitative estimate of drug-likeness (QED) is 0.435. The number of nitrogens with one attached hydrogen (secondary N) is 1. The van der Waals surface area contributed by atoms with E-state index in [1.807, 2.05) is 0 Å². The van der Waals surface area contributed by atoms with Gasteiger partial charge in [0.1, 0.15) is 0 Å². The third-order valence-electron chi connectivity index (χ3n) is 2.73. The van der Waals surface area contributed by atoms with Crippen molar-refractivity contribution in [3.63, 3.8) is 0 Å². The van der Waals surface area contributed by atoms with E-state index in [2.05, 4.69) is 30.8 Å². The number of aliphatic hydroxyl groups excluding tert-OH is 1. The van der Waals surface area contributed by atoms with Crippen molar-refractivity contribution in [3.8, 4) is 0 Å². The van der Waals surface area contributed by atoms with E-state index in [4.69, 9.17) is 5.41 Å². The van der Waals surface area contributed by atoms with Crippen molar-refractivity contribution >= 4 is 6.21 Å². The molecule has 4 nitrogen and oxygen atoms in total. The van der Waals surface area contributed by atoms with Crippen LogP contribution in [0.15, 0.2) is 0 Å². The van der Waals surface area contributed by atoms with E-state index >= 15 is 0 Å². The molecule has 0 amide bonds. The lowest BCUT2D eigenvalue weighted by Gasteiger charge is -2.28. The number of hydrogen-bond acceptors (Lipinski definition) is 4. The van der Waals surface area contributed by atoms with Gasteiger partial charge in [-0.1, -0.05) is 0 Å². The summed E-state index contributed by atoms with van der Waals surface area (Å²) in [5.41, 5.74) is 0. The predicted octanol–water partition coefficient (Wildman–Crippen LogP) is 1.05. The van der Waals surface area contributed by atoms with Crippen LogP contribution < -0.4 is 0 Å². The molecule has 0 aromatic rings. The summed E-state index contributed by atoms with van der Waals surface area (Å²) in [5.74, 6) is 0. The molecule has 0 saturated carbocycles. The molecule has 0 aromatic carbocycles. The number of nitrogens with zero attached hydrogens (tertiary/aromatic N) is 2. The van der Waals surface area contributed by atoms with Crippen LogP contribution in [-0.2, 0) is 0 Å². The molecule has 0 fully saturated rings. The Kier molecular flexibility index (Phi) is 9.48. The minimum atomic E-state index is 0.215. The highest BCUT2D eigenvalue weighted by Crippen LogP contribution is 2.03. The molecule has 0 radical (unpaired) electrons. The summed E-state index contributed by atoms with van der Waals surface area (Å²) < 4.78 is 0. The summed E-state index contributed by atoms with van der Waals surface area (Å²) in [6.45, 7) is 5.36. The molecule has 0 bridgehead atoms. The van der Waals surface area contributed by atoms with Crippen LogP contribution in [0.3, 0.4) is 0 Å². The van der Waals surface area contributed by atoms with Crippen molar-refractivity contribution in [1.29, 1.82) is 5.41 Å². The topological polar surface area (TPSA) is 50.6 Å². The summed E-state index contributed by atoms with van der Waals surface area (Å²) in [7, 11) is 4.16. The smallest absolute Gasteiger partial charge is 0.0584 e. The molecule has 1 atom stereocenters. The molecule has 4 heteroatoms. The minimum absolute atomic E-state index is 0.215. The maximum Gasteiger partial charge on any atom is 0.0584 e. The van der Waals surface area contributed by atoms with Crippen molar-refractivity contribution < 1.29 is 5.11 Å². The van der Waals surface area contributed by atoms with Crippen molar-refractivity contribution in [2.24, 2.45) is 0 Å². The predicted molar refractivity (Wildman–Crippen MR) is 69.3 cm³/mol. The van der Waals surface area contributed by atoms with Crippen LogP contribution in [0.5, 0.6) is 0 Å². The van der Waals surface area contributed by atoms with Crippen LogP contribution >= 0.6 is 0 Å². The lowest BCUT2D eigenvalue weighted by atomic mass is 10.2. The largest absolute Gasteiger partial charge is 0.395 e. The normalized spacial score (nSPS) is 13.4. The molecule has 0 aromatic heterocycles. The zero-order valence-corrected chi connectivity index (χ0v) is 10.9. The molecule has 16 heavy (non-hydrogen) atoms. The van der Waals surface area contributed by atoms with E-state index in [0.29, 0.717) is 0 Å². The maximum atomic E-state index is 9.17. The van der Waals surface area contributed by atoms with Gasteiger partial charge in [0, 0.05) is 6.04 Å². The fourth-order valence-corrected chi connectivity index (χ4v) is 1.65. The first kappa shape index (κ1) is 15.6. The number of hydrogen-bond donors (Lipinski definition) is 2. The molecule has 0 aliphatic carbocycles. The van der Waals surface area contributed by atoms with Crippen LogP contribution in [-0.4, -0.2) is 67.5 Å². The van der Waals surface area contributed by atoms with E-state index in [1.54, 1.807) is 0 Å². The van der Waals surface area contributed by atoms with Crippen molar-refractivity contribution in [2.75, 3.05) is 40.3 Å². The van der Waals surface area contributed by atoms with E-state index in [9.17, 15) is 5.11 Å². The molecule has 0 spiro atoms. The Balaban J connectivity index is 3.85. The molecule has 0 heterocycles. The van der Waals surface area contributed by atoms with E-state index < -0.39 is 0 Å². The average Bonchev–Trinajstić information content (AvgIpc) is 2.26. The van der Waals surface area contributed by atoms with Crippen molar-refractivity contribution in [1.82, 2.24) is 9.80 Å². The maximum absolute atomic E-state index is 9.17. The Morgan fingerprint density at radius 3 is 2.31 bits per heavy atom. The van der Waals surface area contributed by atoms with Gasteiger partial charge in [0.05, 0.1) is 6.61 Å². The number of rotatable bonds is 10. The Bertz CT molecular complexity index is 174. The third kappa shape index (κ3) is 7.79. The standard InChI is InChI=1S/C12H27N3O/c1-12(11-16)15(9-5-4-7-13)10-6-8-14(2)3/h7,12-13,16H,4-6,8-11H2,1-3H3. The molecular weight excluding hydrogens is 202 g/mol. The highest BCUT2D eigenvalue weighted by atomic mass is 16.3. The van der Waals surface area contributed by atoms with Crippen molar-refractivity contribution in [2.45, 2.75) is 32.2 Å². The summed E-state index contributed by atoms with van der Waals surface area (Å²) in [6, 6.07) is 0.230. The van der Waals surface area contributed by atoms with Gasteiger partial charge in [0.25, 0.3) is 0 Å². The van der Waals surface area contributed by atoms with Crippen LogP contribution in [0.4, 0.5) is 0 Å². The monoisotopic (exact) mass is 229 g/mol. The van der Waals surface area contributed by atoms with Gasteiger partial charge in [0.15, 0.2) is 0 Å². The van der Waals surface area contributed by atoms with Gasteiger partial charge in [-0.15, -0.1) is 0 Å². The van der Waals surface area contributed by atoms with Crippen LogP contribution in [0.25, 0.3) is 0 Å². The molecule has 96 valence electrons. The minimum Gasteiger partial charge on any atom is -0.395 e. The molecule has 0 aliphatic rings. The lowest BCUT2D eigenvalue weighted by molar-refractivity contribution is 0.129. The second-order valence-corrected chi connectivity index (χ2v) is 4.57. The fraction of sp³-hybridized carbons (Fsp3) is 0.917. The molecule has 0 rings (SSSR count). The van der Waals surface area contributed by atoms with Gasteiger partial charge in [-0.3, -0.25) is 4.90 Å². The number of aliphatic hydroxyl groups is 1. The zero-order chi connectivity index (χ0) is 12.4. The highest BCUT2D eigenvalue weighted by Gasteiger charge is 2.11. The van der Waals surface area contributed by atoms with Crippen molar-refractivity contribution in [3.05, 3.63) is 0 Å². The van der Waals surface area contributed by atoms with E-state index in [-0.39, 0.29) is 12.6 Å². The van der Waals surface area contributed by atoms with Gasteiger partial charge in [-0.05, 0) is 66.1 Å². The average molecular weight is 229 g/mol. The summed E-state index contributed by atoms with van der Waals surface area (Å²) in [5, 5.41) is 16.2. The van der Waals surface area contributed by atoms with Crippen LogP contribution in [0, 0.1) is 5.41 Å². The SMILES string of the molecule is CC(CO)N(CCCC=N)CCCN(C)C. The summed E-state index contributed by atoms with van der Waals surface area (Å²) in [6.07, 6.45) is 4.43. The second kappa shape index (κ2) is 9.75. The first-order valence-corrected chi connectivity index (χ1v) is 6.10. The first-order valence-electron chi connectivity index (χ1n) is 6.10. The van der Waals surface area contributed by atoms with Crippen LogP contribution in [0.1, 0.15) is 26.2 Å². The third-order valence-corrected chi connectivity index (χ3v) is 2.73. The Labute approximate surface area is 99.8 Å². The highest BCUT2D eigenvalue weighted by molar-refractivity contribution is 5.52. The molecule has 2 N–H and O–H groups in total. The Morgan fingerprint density at radius 2 is 1.81 bits per heavy atom. The van der Waals surface area contributed by atoms with Crippen LogP contribution in [0.2, 0.25) is 0 Å². The summed E-state index contributed by atoms with van der Waals surface area (Å²) >= 11 is 0. The fourth-order valence-electron chi connectivity index (χ4n) is 1.65. The molecule has 0 aliphatic heterocycles. The lowest BCUT2D eigenvalue weighted by Crippen LogP contribution is -2.38. The zero-order valence-electron chi connectivity index (χ0n) is 10.9. The Hall–Kier alpha value is -0.450. The second-order valence-electron chi connectivity index (χ2n) is 4.57. The molecule has 1 unspecified atom stereocenters. The van der Waals surface area contributed by atoms with Gasteiger partial charge in [-0.2, -0.15) is 0 Å². The van der Waals surface area contributed by atoms with Gasteiger partial charge in [-0.25, -0.2) is 0 Å². The Morgan fingerprint density at radius 1 is 1.19 bits per heavy atom. The van der Waals surface area contributed by atoms with Gasteiger partial charge >= 0.3 is 0 Å².